The van der Waals surface area contributed by atoms with E-state index < -0.39 is 0 Å². The maximum Gasteiger partial charge on any atom is 0.257 e. The maximum atomic E-state index is 12.8. The number of carbonyl (C=O) groups excluding carboxylic acids is 1. The van der Waals surface area contributed by atoms with Gasteiger partial charge in [0.1, 0.15) is 12.4 Å². The number of amides is 1. The number of likely N-dealkylation sites (N-methyl/N-ethyl adjacent to an activating group) is 1. The van der Waals surface area contributed by atoms with E-state index in [-0.39, 0.29) is 5.91 Å². The number of carbonyl (C=O) groups is 1. The first-order valence-electron chi connectivity index (χ1n) is 9.21. The fourth-order valence-electron chi connectivity index (χ4n) is 2.98. The minimum atomic E-state index is -0.0252. The van der Waals surface area contributed by atoms with Crippen molar-refractivity contribution < 1.29 is 9.53 Å². The number of hydrogen-bond acceptors (Lipinski definition) is 3. The number of aromatic nitrogens is 2. The average molecular weight is 363 g/mol. The highest BCUT2D eigenvalue weighted by Crippen LogP contribution is 2.14. The molecule has 0 aliphatic rings. The summed E-state index contributed by atoms with van der Waals surface area (Å²) >= 11 is 0. The van der Waals surface area contributed by atoms with Crippen LogP contribution in [0.4, 0.5) is 0 Å². The van der Waals surface area contributed by atoms with E-state index in [1.165, 1.54) is 5.56 Å². The summed E-state index contributed by atoms with van der Waals surface area (Å²) in [4.78, 5) is 14.5. The second-order valence-corrected chi connectivity index (χ2v) is 6.39. The van der Waals surface area contributed by atoms with Crippen molar-refractivity contribution in [2.45, 2.75) is 19.9 Å². The van der Waals surface area contributed by atoms with Gasteiger partial charge >= 0.3 is 0 Å². The molecule has 0 aliphatic carbocycles. The zero-order chi connectivity index (χ0) is 19.1. The minimum absolute atomic E-state index is 0.0252. The van der Waals surface area contributed by atoms with E-state index in [0.29, 0.717) is 25.3 Å². The van der Waals surface area contributed by atoms with Crippen LogP contribution in [0.3, 0.4) is 0 Å². The van der Waals surface area contributed by atoms with Crippen LogP contribution in [-0.4, -0.2) is 40.8 Å². The van der Waals surface area contributed by atoms with Crippen molar-refractivity contribution in [1.82, 2.24) is 14.7 Å². The van der Waals surface area contributed by atoms with Crippen molar-refractivity contribution in [3.05, 3.63) is 83.7 Å². The highest BCUT2D eigenvalue weighted by Gasteiger charge is 2.19. The van der Waals surface area contributed by atoms with Crippen LogP contribution in [0.25, 0.3) is 0 Å². The van der Waals surface area contributed by atoms with E-state index >= 15 is 0 Å². The second kappa shape index (κ2) is 9.03. The Labute approximate surface area is 160 Å². The Morgan fingerprint density at radius 2 is 1.74 bits per heavy atom. The lowest BCUT2D eigenvalue weighted by molar-refractivity contribution is 0.0772. The Hall–Kier alpha value is -3.08. The molecule has 140 valence electrons. The van der Waals surface area contributed by atoms with E-state index in [4.69, 9.17) is 4.74 Å². The van der Waals surface area contributed by atoms with Crippen LogP contribution < -0.4 is 4.74 Å². The molecule has 0 N–H and O–H groups in total. The molecule has 0 radical (unpaired) electrons. The monoisotopic (exact) mass is 363 g/mol. The topological polar surface area (TPSA) is 47.4 Å². The van der Waals surface area contributed by atoms with Gasteiger partial charge in [-0.1, -0.05) is 55.5 Å². The molecular formula is C22H25N3O2. The van der Waals surface area contributed by atoms with Gasteiger partial charge in [-0.15, -0.1) is 0 Å². The Kier molecular flexibility index (Phi) is 6.26. The molecule has 5 nitrogen and oxygen atoms in total. The summed E-state index contributed by atoms with van der Waals surface area (Å²) < 4.78 is 7.60. The molecule has 1 aromatic heterocycles. The summed E-state index contributed by atoms with van der Waals surface area (Å²) in [7, 11) is 1.80. The molecular weight excluding hydrogens is 338 g/mol. The van der Waals surface area contributed by atoms with Gasteiger partial charge in [-0.2, -0.15) is 5.10 Å². The summed E-state index contributed by atoms with van der Waals surface area (Å²) in [6, 6.07) is 19.8. The smallest absolute Gasteiger partial charge is 0.257 e. The molecule has 0 bridgehead atoms. The number of benzene rings is 2. The lowest BCUT2D eigenvalue weighted by atomic mass is 10.1. The Balaban J connectivity index is 1.63. The van der Waals surface area contributed by atoms with E-state index in [2.05, 4.69) is 17.2 Å². The molecule has 0 spiro atoms. The molecule has 0 unspecified atom stereocenters. The van der Waals surface area contributed by atoms with Crippen LogP contribution in [0.2, 0.25) is 0 Å². The molecule has 0 saturated carbocycles. The molecule has 0 saturated heterocycles. The van der Waals surface area contributed by atoms with Gasteiger partial charge in [0.2, 0.25) is 0 Å². The van der Waals surface area contributed by atoms with Crippen LogP contribution in [-0.2, 0) is 13.0 Å². The highest BCUT2D eigenvalue weighted by molar-refractivity contribution is 5.95. The number of rotatable bonds is 8. The van der Waals surface area contributed by atoms with Crippen LogP contribution in [0.5, 0.6) is 5.75 Å². The number of hydrogen-bond donors (Lipinski definition) is 0. The lowest BCUT2D eigenvalue weighted by Crippen LogP contribution is -2.31. The fraction of sp³-hybridized carbons (Fsp3) is 0.273. The van der Waals surface area contributed by atoms with E-state index in [9.17, 15) is 4.79 Å². The van der Waals surface area contributed by atoms with Gasteiger partial charge in [-0.25, -0.2) is 0 Å². The summed E-state index contributed by atoms with van der Waals surface area (Å²) in [5, 5.41) is 4.45. The summed E-state index contributed by atoms with van der Waals surface area (Å²) in [5.74, 6) is 0.783. The largest absolute Gasteiger partial charge is 0.492 e. The van der Waals surface area contributed by atoms with Crippen LogP contribution in [0.1, 0.15) is 28.5 Å². The van der Waals surface area contributed by atoms with Crippen molar-refractivity contribution in [3.63, 3.8) is 0 Å². The molecule has 2 aromatic carbocycles. The number of nitrogens with zero attached hydrogens (tertiary/aromatic N) is 3. The van der Waals surface area contributed by atoms with Gasteiger partial charge in [-0.05, 0) is 24.1 Å². The molecule has 27 heavy (non-hydrogen) atoms. The van der Waals surface area contributed by atoms with Crippen LogP contribution >= 0.6 is 0 Å². The second-order valence-electron chi connectivity index (χ2n) is 6.39. The average Bonchev–Trinajstić information content (AvgIpc) is 3.11. The molecule has 3 aromatic rings. The molecule has 5 heteroatoms. The molecule has 3 rings (SSSR count). The van der Waals surface area contributed by atoms with E-state index in [1.807, 2.05) is 60.1 Å². The Bertz CT molecular complexity index is 860. The molecule has 0 aliphatic heterocycles. The van der Waals surface area contributed by atoms with E-state index in [1.54, 1.807) is 18.1 Å². The molecule has 0 fully saturated rings. The van der Waals surface area contributed by atoms with Gasteiger partial charge in [0, 0.05) is 7.05 Å². The SMILES string of the molecule is CCc1c(C(=O)N(C)CCOc2ccccc2)cnn1Cc1ccccc1. The number of para-hydroxylation sites is 1. The van der Waals surface area contributed by atoms with Crippen molar-refractivity contribution >= 4 is 5.91 Å². The number of ether oxygens (including phenoxy) is 1. The molecule has 1 amide bonds. The maximum absolute atomic E-state index is 12.8. The first-order chi connectivity index (χ1) is 13.2. The standard InChI is InChI=1S/C22H25N3O2/c1-3-21-20(16-23-25(21)17-18-10-6-4-7-11-18)22(26)24(2)14-15-27-19-12-8-5-9-13-19/h4-13,16H,3,14-15,17H2,1-2H3. The normalized spacial score (nSPS) is 10.6. The predicted octanol–water partition coefficient (Wildman–Crippen LogP) is 3.64. The summed E-state index contributed by atoms with van der Waals surface area (Å²) in [5.41, 5.74) is 2.79. The summed E-state index contributed by atoms with van der Waals surface area (Å²) in [6.45, 7) is 3.68. The van der Waals surface area contributed by atoms with Crippen molar-refractivity contribution in [1.29, 1.82) is 0 Å². The van der Waals surface area contributed by atoms with Gasteiger partial charge in [-0.3, -0.25) is 9.48 Å². The quantitative estimate of drug-likeness (QED) is 0.614. The van der Waals surface area contributed by atoms with Crippen molar-refractivity contribution in [2.24, 2.45) is 0 Å². The third-order valence-electron chi connectivity index (χ3n) is 4.47. The molecule has 0 atom stereocenters. The summed E-state index contributed by atoms with van der Waals surface area (Å²) in [6.07, 6.45) is 2.43. The van der Waals surface area contributed by atoms with Crippen molar-refractivity contribution in [2.75, 3.05) is 20.2 Å². The third-order valence-corrected chi connectivity index (χ3v) is 4.47. The highest BCUT2D eigenvalue weighted by atomic mass is 16.5. The lowest BCUT2D eigenvalue weighted by Gasteiger charge is -2.18. The first-order valence-corrected chi connectivity index (χ1v) is 9.21. The van der Waals surface area contributed by atoms with Gasteiger partial charge < -0.3 is 9.64 Å². The third kappa shape index (κ3) is 4.76. The fourth-order valence-corrected chi connectivity index (χ4v) is 2.98. The molecule has 1 heterocycles. The van der Waals surface area contributed by atoms with Crippen molar-refractivity contribution in [3.8, 4) is 5.75 Å². The predicted molar refractivity (Wildman–Crippen MR) is 106 cm³/mol. The van der Waals surface area contributed by atoms with Gasteiger partial charge in [0.25, 0.3) is 5.91 Å². The van der Waals surface area contributed by atoms with Crippen LogP contribution in [0, 0.1) is 0 Å². The zero-order valence-electron chi connectivity index (χ0n) is 15.8. The zero-order valence-corrected chi connectivity index (χ0v) is 15.8. The van der Waals surface area contributed by atoms with E-state index in [0.717, 1.165) is 17.9 Å². The van der Waals surface area contributed by atoms with Crippen LogP contribution in [0.15, 0.2) is 66.9 Å². The Morgan fingerprint density at radius 3 is 2.41 bits per heavy atom. The first kappa shape index (κ1) is 18.7. The minimum Gasteiger partial charge on any atom is -0.492 e. The van der Waals surface area contributed by atoms with Gasteiger partial charge in [0.05, 0.1) is 30.5 Å². The van der Waals surface area contributed by atoms with Gasteiger partial charge in [0.15, 0.2) is 0 Å². The Morgan fingerprint density at radius 1 is 1.07 bits per heavy atom.